The lowest BCUT2D eigenvalue weighted by Gasteiger charge is -2.25. The largest absolute Gasteiger partial charge is 0.497 e. The standard InChI is InChI=1S/C36H39FO4/c1-22-33(34(38)39)36(22)17-6-5-8-24-11-12-26(20-31(24)36)41-21-23-10-14-27(29-19-25(40-4)13-15-32(29)37)28(18-23)30-9-7-16-35(30,2)3/h9-15,18-20,22,33H,5-8,16-17,21H2,1-4H3,(H,38,39)/t22-,33+,36-/m0/s1. The van der Waals surface area contributed by atoms with Gasteiger partial charge in [-0.15, -0.1) is 0 Å². The van der Waals surface area contributed by atoms with E-state index in [1.165, 1.54) is 17.2 Å². The quantitative estimate of drug-likeness (QED) is 0.318. The first-order chi connectivity index (χ1) is 19.7. The second kappa shape index (κ2) is 10.3. The lowest BCUT2D eigenvalue weighted by Crippen LogP contribution is -2.16. The van der Waals surface area contributed by atoms with E-state index in [2.05, 4.69) is 45.0 Å². The van der Waals surface area contributed by atoms with Gasteiger partial charge >= 0.3 is 5.97 Å². The van der Waals surface area contributed by atoms with Crippen molar-refractivity contribution in [3.63, 3.8) is 0 Å². The van der Waals surface area contributed by atoms with E-state index < -0.39 is 5.97 Å². The van der Waals surface area contributed by atoms with Crippen LogP contribution in [-0.2, 0) is 23.2 Å². The Hall–Kier alpha value is -3.60. The molecule has 0 radical (unpaired) electrons. The van der Waals surface area contributed by atoms with Crippen LogP contribution in [0, 0.1) is 23.1 Å². The molecule has 0 bridgehead atoms. The molecule has 1 saturated carbocycles. The molecule has 5 heteroatoms. The number of hydrogen-bond acceptors (Lipinski definition) is 3. The van der Waals surface area contributed by atoms with E-state index in [9.17, 15) is 9.90 Å². The first kappa shape index (κ1) is 27.6. The average Bonchev–Trinajstić information content (AvgIpc) is 3.47. The molecule has 41 heavy (non-hydrogen) atoms. The molecule has 214 valence electrons. The number of hydrogen-bond donors (Lipinski definition) is 1. The van der Waals surface area contributed by atoms with Gasteiger partial charge in [-0.25, -0.2) is 4.39 Å². The number of rotatable bonds is 7. The average molecular weight is 555 g/mol. The summed E-state index contributed by atoms with van der Waals surface area (Å²) in [7, 11) is 1.59. The number of carbonyl (C=O) groups is 1. The zero-order valence-electron chi connectivity index (χ0n) is 24.4. The minimum atomic E-state index is -0.694. The molecule has 0 unspecified atom stereocenters. The third kappa shape index (κ3) is 4.73. The summed E-state index contributed by atoms with van der Waals surface area (Å²) < 4.78 is 26.9. The van der Waals surface area contributed by atoms with Crippen LogP contribution >= 0.6 is 0 Å². The van der Waals surface area contributed by atoms with Crippen molar-refractivity contribution in [2.45, 2.75) is 71.3 Å². The monoisotopic (exact) mass is 554 g/mol. The Morgan fingerprint density at radius 3 is 2.49 bits per heavy atom. The fourth-order valence-corrected chi connectivity index (χ4v) is 7.63. The van der Waals surface area contributed by atoms with E-state index >= 15 is 4.39 Å². The number of fused-ring (bicyclic) bond motifs is 2. The summed E-state index contributed by atoms with van der Waals surface area (Å²) in [5, 5.41) is 9.92. The smallest absolute Gasteiger partial charge is 0.307 e. The topological polar surface area (TPSA) is 55.8 Å². The molecule has 1 fully saturated rings. The Bertz CT molecular complexity index is 1540. The van der Waals surface area contributed by atoms with Gasteiger partial charge in [0, 0.05) is 11.0 Å². The molecule has 0 aliphatic heterocycles. The van der Waals surface area contributed by atoms with E-state index in [0.717, 1.165) is 66.5 Å². The summed E-state index contributed by atoms with van der Waals surface area (Å²) in [6, 6.07) is 17.3. The third-order valence-corrected chi connectivity index (χ3v) is 9.98. The summed E-state index contributed by atoms with van der Waals surface area (Å²) in [4.78, 5) is 12.1. The van der Waals surface area contributed by atoms with Crippen molar-refractivity contribution < 1.29 is 23.8 Å². The highest BCUT2D eigenvalue weighted by Gasteiger charge is 2.66. The Balaban J connectivity index is 1.33. The molecule has 4 nitrogen and oxygen atoms in total. The number of halogens is 1. The number of benzene rings is 3. The van der Waals surface area contributed by atoms with Crippen molar-refractivity contribution in [3.8, 4) is 22.6 Å². The first-order valence-corrected chi connectivity index (χ1v) is 14.8. The van der Waals surface area contributed by atoms with Crippen molar-refractivity contribution in [2.75, 3.05) is 7.11 Å². The van der Waals surface area contributed by atoms with E-state index in [1.54, 1.807) is 19.2 Å². The van der Waals surface area contributed by atoms with Gasteiger partial charge in [-0.05, 0) is 113 Å². The van der Waals surface area contributed by atoms with Crippen LogP contribution in [0.5, 0.6) is 11.5 Å². The van der Waals surface area contributed by atoms with Crippen LogP contribution in [0.25, 0.3) is 16.7 Å². The van der Waals surface area contributed by atoms with Gasteiger partial charge in [0.05, 0.1) is 13.0 Å². The van der Waals surface area contributed by atoms with Gasteiger partial charge in [0.2, 0.25) is 0 Å². The fraction of sp³-hybridized carbons (Fsp3) is 0.417. The molecule has 3 aromatic carbocycles. The number of allylic oxidation sites excluding steroid dienone is 2. The number of aliphatic carboxylic acids is 1. The predicted octanol–water partition coefficient (Wildman–Crippen LogP) is 8.60. The van der Waals surface area contributed by atoms with Crippen molar-refractivity contribution in [1.29, 1.82) is 0 Å². The summed E-state index contributed by atoms with van der Waals surface area (Å²) in [6.07, 6.45) is 8.36. The predicted molar refractivity (Wildman–Crippen MR) is 160 cm³/mol. The van der Waals surface area contributed by atoms with Gasteiger partial charge in [-0.1, -0.05) is 51.5 Å². The van der Waals surface area contributed by atoms with Crippen LogP contribution in [0.1, 0.15) is 75.1 Å². The molecule has 0 heterocycles. The minimum absolute atomic E-state index is 0.0173. The van der Waals surface area contributed by atoms with Gasteiger partial charge in [-0.3, -0.25) is 4.79 Å². The number of methoxy groups -OCH3 is 1. The second-order valence-electron chi connectivity index (χ2n) is 12.7. The maximum atomic E-state index is 15.1. The number of carboxylic acids is 1. The third-order valence-electron chi connectivity index (χ3n) is 9.98. The van der Waals surface area contributed by atoms with Crippen molar-refractivity contribution in [2.24, 2.45) is 17.3 Å². The first-order valence-electron chi connectivity index (χ1n) is 14.8. The minimum Gasteiger partial charge on any atom is -0.497 e. The van der Waals surface area contributed by atoms with Crippen LogP contribution in [0.4, 0.5) is 4.39 Å². The van der Waals surface area contributed by atoms with E-state index in [0.29, 0.717) is 17.9 Å². The highest BCUT2D eigenvalue weighted by molar-refractivity contribution is 5.85. The molecule has 0 amide bonds. The van der Waals surface area contributed by atoms with Crippen molar-refractivity contribution in [1.82, 2.24) is 0 Å². The molecular formula is C36H39FO4. The Labute approximate surface area is 242 Å². The van der Waals surface area contributed by atoms with Gasteiger partial charge < -0.3 is 14.6 Å². The highest BCUT2D eigenvalue weighted by Crippen LogP contribution is 2.64. The van der Waals surface area contributed by atoms with Crippen LogP contribution in [0.3, 0.4) is 0 Å². The molecule has 0 aromatic heterocycles. The second-order valence-corrected chi connectivity index (χ2v) is 12.7. The molecule has 1 spiro atoms. The fourth-order valence-electron chi connectivity index (χ4n) is 7.63. The maximum absolute atomic E-state index is 15.1. The Morgan fingerprint density at radius 2 is 1.78 bits per heavy atom. The Kier molecular flexibility index (Phi) is 6.96. The molecule has 6 rings (SSSR count). The normalized spacial score (nSPS) is 24.4. The lowest BCUT2D eigenvalue weighted by atomic mass is 9.79. The number of aryl methyl sites for hydroxylation is 1. The summed E-state index contributed by atoms with van der Waals surface area (Å²) in [5.41, 5.74) is 6.75. The van der Waals surface area contributed by atoms with E-state index in [4.69, 9.17) is 9.47 Å². The number of carboxylic acid groups (broad SMARTS) is 1. The summed E-state index contributed by atoms with van der Waals surface area (Å²) >= 11 is 0. The maximum Gasteiger partial charge on any atom is 0.307 e. The highest BCUT2D eigenvalue weighted by atomic mass is 19.1. The van der Waals surface area contributed by atoms with Crippen molar-refractivity contribution >= 4 is 11.5 Å². The molecular weight excluding hydrogens is 515 g/mol. The molecule has 3 aliphatic rings. The number of ether oxygens (including phenoxy) is 2. The van der Waals surface area contributed by atoms with Gasteiger partial charge in [0.15, 0.2) is 0 Å². The van der Waals surface area contributed by atoms with Crippen LogP contribution < -0.4 is 9.47 Å². The van der Waals surface area contributed by atoms with Crippen LogP contribution in [-0.4, -0.2) is 18.2 Å². The lowest BCUT2D eigenvalue weighted by molar-refractivity contribution is -0.139. The van der Waals surface area contributed by atoms with Gasteiger partial charge in [0.25, 0.3) is 0 Å². The molecule has 3 aromatic rings. The molecule has 0 saturated heterocycles. The summed E-state index contributed by atoms with van der Waals surface area (Å²) in [6.45, 7) is 6.94. The van der Waals surface area contributed by atoms with E-state index in [1.807, 2.05) is 18.2 Å². The zero-order valence-corrected chi connectivity index (χ0v) is 24.4. The van der Waals surface area contributed by atoms with Gasteiger partial charge in [0.1, 0.15) is 23.9 Å². The SMILES string of the molecule is COc1ccc(F)c(-c2ccc(COc3ccc4c(c3)[C@]3(CCCC4)[C@@H](C)[C@@H]3C(=O)O)cc2C2=CCCC2(C)C)c1. The summed E-state index contributed by atoms with van der Waals surface area (Å²) in [5.74, 6) is 0.210. The van der Waals surface area contributed by atoms with Crippen LogP contribution in [0.2, 0.25) is 0 Å². The zero-order chi connectivity index (χ0) is 28.9. The van der Waals surface area contributed by atoms with Crippen molar-refractivity contribution in [3.05, 3.63) is 88.7 Å². The van der Waals surface area contributed by atoms with Crippen LogP contribution in [0.15, 0.2) is 60.7 Å². The van der Waals surface area contributed by atoms with E-state index in [-0.39, 0.29) is 28.5 Å². The van der Waals surface area contributed by atoms with Gasteiger partial charge in [-0.2, -0.15) is 0 Å². The Morgan fingerprint density at radius 1 is 0.976 bits per heavy atom. The molecule has 3 atom stereocenters. The molecule has 3 aliphatic carbocycles. The molecule has 1 N–H and O–H groups in total.